The zero-order valence-electron chi connectivity index (χ0n) is 13.2. The zero-order valence-corrected chi connectivity index (χ0v) is 15.6. The van der Waals surface area contributed by atoms with E-state index < -0.39 is 0 Å². The number of benzene rings is 2. The number of rotatable bonds is 2. The standard InChI is InChI=1S/C19H17Cl2NS/c1-19(2,3)13-6-4-12(5-7-13)18-22-17(11-23-18)15-10-14(20)8-9-16(15)21/h4-11H,1-3H3. The fourth-order valence-corrected chi connectivity index (χ4v) is 3.55. The molecule has 0 saturated heterocycles. The van der Waals surface area contributed by atoms with Crippen LogP contribution < -0.4 is 0 Å². The quantitative estimate of drug-likeness (QED) is 0.474. The molecular formula is C19H17Cl2NS. The van der Waals surface area contributed by atoms with Gasteiger partial charge in [-0.2, -0.15) is 0 Å². The van der Waals surface area contributed by atoms with Crippen LogP contribution in [0.4, 0.5) is 0 Å². The first kappa shape index (κ1) is 16.5. The summed E-state index contributed by atoms with van der Waals surface area (Å²) < 4.78 is 0. The second-order valence-corrected chi connectivity index (χ2v) is 8.19. The van der Waals surface area contributed by atoms with Gasteiger partial charge in [0, 0.05) is 21.5 Å². The first-order valence-electron chi connectivity index (χ1n) is 7.36. The molecule has 1 aromatic heterocycles. The average molecular weight is 362 g/mol. The lowest BCUT2D eigenvalue weighted by atomic mass is 9.87. The van der Waals surface area contributed by atoms with Crippen LogP contribution in [0.25, 0.3) is 21.8 Å². The molecule has 4 heteroatoms. The maximum absolute atomic E-state index is 6.26. The molecule has 1 heterocycles. The zero-order chi connectivity index (χ0) is 16.6. The van der Waals surface area contributed by atoms with Crippen LogP contribution in [0.5, 0.6) is 0 Å². The first-order valence-corrected chi connectivity index (χ1v) is 9.00. The predicted octanol–water partition coefficient (Wildman–Crippen LogP) is 7.08. The van der Waals surface area contributed by atoms with E-state index >= 15 is 0 Å². The third-order valence-corrected chi connectivity index (χ3v) is 5.16. The van der Waals surface area contributed by atoms with E-state index in [4.69, 9.17) is 28.2 Å². The molecule has 0 atom stereocenters. The van der Waals surface area contributed by atoms with E-state index in [1.54, 1.807) is 23.5 Å². The molecule has 2 aromatic carbocycles. The molecule has 0 bridgehead atoms. The highest BCUT2D eigenvalue weighted by molar-refractivity contribution is 7.13. The summed E-state index contributed by atoms with van der Waals surface area (Å²) in [5.41, 5.74) is 4.31. The second kappa shape index (κ2) is 6.27. The Labute approximate surface area is 150 Å². The van der Waals surface area contributed by atoms with Crippen molar-refractivity contribution in [1.29, 1.82) is 0 Å². The first-order chi connectivity index (χ1) is 10.8. The van der Waals surface area contributed by atoms with E-state index in [0.717, 1.165) is 21.8 Å². The van der Waals surface area contributed by atoms with Crippen molar-refractivity contribution in [3.63, 3.8) is 0 Å². The van der Waals surface area contributed by atoms with Crippen molar-refractivity contribution in [3.05, 3.63) is 63.5 Å². The Bertz CT molecular complexity index is 829. The van der Waals surface area contributed by atoms with E-state index in [2.05, 4.69) is 45.0 Å². The minimum Gasteiger partial charge on any atom is -0.236 e. The maximum Gasteiger partial charge on any atom is 0.124 e. The summed E-state index contributed by atoms with van der Waals surface area (Å²) >= 11 is 13.9. The van der Waals surface area contributed by atoms with E-state index in [0.29, 0.717) is 10.0 Å². The number of thiazole rings is 1. The van der Waals surface area contributed by atoms with Gasteiger partial charge in [0.1, 0.15) is 5.01 Å². The number of hydrogen-bond acceptors (Lipinski definition) is 2. The molecule has 0 fully saturated rings. The normalized spacial score (nSPS) is 11.7. The van der Waals surface area contributed by atoms with Crippen molar-refractivity contribution < 1.29 is 0 Å². The van der Waals surface area contributed by atoms with Crippen LogP contribution in [-0.4, -0.2) is 4.98 Å². The molecule has 0 saturated carbocycles. The summed E-state index contributed by atoms with van der Waals surface area (Å²) in [6, 6.07) is 14.0. The van der Waals surface area contributed by atoms with Crippen LogP contribution in [-0.2, 0) is 5.41 Å². The Morgan fingerprint density at radius 2 is 1.65 bits per heavy atom. The molecule has 23 heavy (non-hydrogen) atoms. The fourth-order valence-electron chi connectivity index (χ4n) is 2.34. The minimum atomic E-state index is 0.154. The van der Waals surface area contributed by atoms with Gasteiger partial charge in [-0.1, -0.05) is 68.2 Å². The van der Waals surface area contributed by atoms with Gasteiger partial charge in [0.2, 0.25) is 0 Å². The molecule has 0 radical (unpaired) electrons. The molecule has 0 spiro atoms. The van der Waals surface area contributed by atoms with Crippen molar-refractivity contribution >= 4 is 34.5 Å². The van der Waals surface area contributed by atoms with E-state index in [9.17, 15) is 0 Å². The van der Waals surface area contributed by atoms with Crippen molar-refractivity contribution in [2.45, 2.75) is 26.2 Å². The molecule has 1 nitrogen and oxygen atoms in total. The third-order valence-electron chi connectivity index (χ3n) is 3.71. The Hall–Kier alpha value is -1.35. The number of nitrogens with zero attached hydrogens (tertiary/aromatic N) is 1. The van der Waals surface area contributed by atoms with Gasteiger partial charge in [0.15, 0.2) is 0 Å². The lowest BCUT2D eigenvalue weighted by Gasteiger charge is -2.18. The summed E-state index contributed by atoms with van der Waals surface area (Å²) in [6.07, 6.45) is 0. The van der Waals surface area contributed by atoms with Crippen LogP contribution in [0, 0.1) is 0 Å². The van der Waals surface area contributed by atoms with Gasteiger partial charge in [-0.05, 0) is 29.2 Å². The summed E-state index contributed by atoms with van der Waals surface area (Å²) in [6.45, 7) is 6.64. The van der Waals surface area contributed by atoms with E-state index in [1.165, 1.54) is 5.56 Å². The number of hydrogen-bond donors (Lipinski definition) is 0. The van der Waals surface area contributed by atoms with Gasteiger partial charge in [-0.25, -0.2) is 4.98 Å². The predicted molar refractivity (Wildman–Crippen MR) is 102 cm³/mol. The Morgan fingerprint density at radius 1 is 0.957 bits per heavy atom. The van der Waals surface area contributed by atoms with Crippen LogP contribution in [0.2, 0.25) is 10.0 Å². The second-order valence-electron chi connectivity index (χ2n) is 6.49. The average Bonchev–Trinajstić information content (AvgIpc) is 2.99. The smallest absolute Gasteiger partial charge is 0.124 e. The van der Waals surface area contributed by atoms with Crippen LogP contribution in [0.1, 0.15) is 26.3 Å². The summed E-state index contributed by atoms with van der Waals surface area (Å²) in [5, 5.41) is 4.32. The van der Waals surface area contributed by atoms with Crippen LogP contribution >= 0.6 is 34.5 Å². The number of halogens is 2. The topological polar surface area (TPSA) is 12.9 Å². The molecular weight excluding hydrogens is 345 g/mol. The Kier molecular flexibility index (Phi) is 4.50. The highest BCUT2D eigenvalue weighted by Gasteiger charge is 2.14. The van der Waals surface area contributed by atoms with E-state index in [-0.39, 0.29) is 5.41 Å². The molecule has 0 aliphatic heterocycles. The van der Waals surface area contributed by atoms with Crippen molar-refractivity contribution in [1.82, 2.24) is 4.98 Å². The Balaban J connectivity index is 1.94. The van der Waals surface area contributed by atoms with Crippen LogP contribution in [0.3, 0.4) is 0 Å². The van der Waals surface area contributed by atoms with Crippen molar-refractivity contribution in [2.24, 2.45) is 0 Å². The van der Waals surface area contributed by atoms with Crippen molar-refractivity contribution in [3.8, 4) is 21.8 Å². The molecule has 0 aliphatic carbocycles. The van der Waals surface area contributed by atoms with Gasteiger partial charge in [0.05, 0.1) is 10.7 Å². The molecule has 0 N–H and O–H groups in total. The molecule has 0 unspecified atom stereocenters. The highest BCUT2D eigenvalue weighted by atomic mass is 35.5. The minimum absolute atomic E-state index is 0.154. The van der Waals surface area contributed by atoms with Crippen LogP contribution in [0.15, 0.2) is 47.8 Å². The maximum atomic E-state index is 6.26. The Morgan fingerprint density at radius 3 is 2.30 bits per heavy atom. The molecule has 0 aliphatic rings. The van der Waals surface area contributed by atoms with Crippen molar-refractivity contribution in [2.75, 3.05) is 0 Å². The molecule has 3 aromatic rings. The van der Waals surface area contributed by atoms with Gasteiger partial charge in [-0.15, -0.1) is 11.3 Å². The number of aromatic nitrogens is 1. The van der Waals surface area contributed by atoms with E-state index in [1.807, 2.05) is 11.4 Å². The lowest BCUT2D eigenvalue weighted by molar-refractivity contribution is 0.590. The lowest BCUT2D eigenvalue weighted by Crippen LogP contribution is -2.10. The fraction of sp³-hybridized carbons (Fsp3) is 0.211. The summed E-state index contributed by atoms with van der Waals surface area (Å²) in [5.74, 6) is 0. The molecule has 3 rings (SSSR count). The molecule has 118 valence electrons. The third kappa shape index (κ3) is 3.60. The monoisotopic (exact) mass is 361 g/mol. The largest absolute Gasteiger partial charge is 0.236 e. The summed E-state index contributed by atoms with van der Waals surface area (Å²) in [4.78, 5) is 4.72. The highest BCUT2D eigenvalue weighted by Crippen LogP contribution is 2.34. The summed E-state index contributed by atoms with van der Waals surface area (Å²) in [7, 11) is 0. The SMILES string of the molecule is CC(C)(C)c1ccc(-c2nc(-c3cc(Cl)ccc3Cl)cs2)cc1. The molecule has 0 amide bonds. The van der Waals surface area contributed by atoms with Gasteiger partial charge in [0.25, 0.3) is 0 Å². The van der Waals surface area contributed by atoms with Gasteiger partial charge < -0.3 is 0 Å². The van der Waals surface area contributed by atoms with Gasteiger partial charge in [-0.3, -0.25) is 0 Å². The van der Waals surface area contributed by atoms with Gasteiger partial charge >= 0.3 is 0 Å².